The summed E-state index contributed by atoms with van der Waals surface area (Å²) in [5.74, 6) is 0.461. The highest BCUT2D eigenvalue weighted by Gasteiger charge is 2.30. The Morgan fingerprint density at radius 3 is 2.41 bits per heavy atom. The molecule has 0 saturated heterocycles. The van der Waals surface area contributed by atoms with E-state index in [4.69, 9.17) is 32.7 Å². The fourth-order valence-corrected chi connectivity index (χ4v) is 5.30. The molecule has 0 saturated carbocycles. The number of hydrogen-bond donors (Lipinski definition) is 2. The van der Waals surface area contributed by atoms with Gasteiger partial charge in [0, 0.05) is 6.54 Å². The molecule has 1 atom stereocenters. The van der Waals surface area contributed by atoms with E-state index in [1.165, 1.54) is 12.1 Å². The zero-order valence-electron chi connectivity index (χ0n) is 15.7. The third-order valence-electron chi connectivity index (χ3n) is 4.32. The molecule has 2 aromatic rings. The predicted molar refractivity (Wildman–Crippen MR) is 110 cm³/mol. The first-order valence-electron chi connectivity index (χ1n) is 8.81. The Morgan fingerprint density at radius 2 is 1.76 bits per heavy atom. The predicted octanol–water partition coefficient (Wildman–Crippen LogP) is 3.34. The van der Waals surface area contributed by atoms with Gasteiger partial charge < -0.3 is 14.8 Å². The van der Waals surface area contributed by atoms with Crippen molar-refractivity contribution in [2.45, 2.75) is 31.3 Å². The minimum Gasteiger partial charge on any atom is -0.454 e. The molecule has 0 fully saturated rings. The van der Waals surface area contributed by atoms with Crippen LogP contribution < -0.4 is 19.5 Å². The molecule has 0 aliphatic carbocycles. The van der Waals surface area contributed by atoms with Gasteiger partial charge in [-0.15, -0.1) is 0 Å². The van der Waals surface area contributed by atoms with E-state index >= 15 is 0 Å². The number of sulfonamides is 1. The molecule has 1 aliphatic heterocycles. The molecule has 1 heterocycles. The van der Waals surface area contributed by atoms with Crippen LogP contribution in [0.25, 0.3) is 0 Å². The number of amides is 1. The van der Waals surface area contributed by atoms with Gasteiger partial charge in [0.1, 0.15) is 10.9 Å². The van der Waals surface area contributed by atoms with Crippen LogP contribution in [-0.4, -0.2) is 27.2 Å². The van der Waals surface area contributed by atoms with Gasteiger partial charge in [-0.25, -0.2) is 8.42 Å². The largest absolute Gasteiger partial charge is 0.454 e. The summed E-state index contributed by atoms with van der Waals surface area (Å²) < 4.78 is 38.6. The lowest BCUT2D eigenvalue weighted by molar-refractivity contribution is -0.123. The van der Waals surface area contributed by atoms with Gasteiger partial charge in [0.05, 0.1) is 10.0 Å². The summed E-state index contributed by atoms with van der Waals surface area (Å²) in [4.78, 5) is 12.5. The number of carbonyl (C=O) groups is 1. The van der Waals surface area contributed by atoms with Gasteiger partial charge in [0.2, 0.25) is 22.7 Å². The first kappa shape index (κ1) is 21.7. The maximum atomic E-state index is 12.8. The molecular weight excluding hydrogens is 439 g/mol. The molecule has 0 spiro atoms. The molecule has 0 unspecified atom stereocenters. The minimum atomic E-state index is -4.11. The van der Waals surface area contributed by atoms with Crippen molar-refractivity contribution in [1.29, 1.82) is 0 Å². The number of nitrogens with one attached hydrogen (secondary N) is 2. The summed E-state index contributed by atoms with van der Waals surface area (Å²) in [6.07, 6.45) is 0. The van der Waals surface area contributed by atoms with Crippen LogP contribution in [0.1, 0.15) is 19.4 Å². The van der Waals surface area contributed by atoms with E-state index < -0.39 is 22.0 Å². The second-order valence-corrected chi connectivity index (χ2v) is 9.26. The van der Waals surface area contributed by atoms with E-state index in [0.717, 1.165) is 5.56 Å². The van der Waals surface area contributed by atoms with Gasteiger partial charge in [-0.1, -0.05) is 49.2 Å². The van der Waals surface area contributed by atoms with Crippen molar-refractivity contribution in [3.8, 4) is 11.5 Å². The van der Waals surface area contributed by atoms with E-state index in [1.54, 1.807) is 38.1 Å². The van der Waals surface area contributed by atoms with Crippen LogP contribution in [0.15, 0.2) is 41.3 Å². The molecule has 7 nitrogen and oxygen atoms in total. The Hall–Kier alpha value is -2.00. The van der Waals surface area contributed by atoms with Crippen molar-refractivity contribution in [3.05, 3.63) is 52.0 Å². The van der Waals surface area contributed by atoms with Gasteiger partial charge in [-0.05, 0) is 35.7 Å². The van der Waals surface area contributed by atoms with Crippen molar-refractivity contribution in [2.24, 2.45) is 5.92 Å². The molecule has 156 valence electrons. The van der Waals surface area contributed by atoms with Crippen molar-refractivity contribution in [2.75, 3.05) is 6.79 Å². The summed E-state index contributed by atoms with van der Waals surface area (Å²) in [5.41, 5.74) is 0.794. The van der Waals surface area contributed by atoms with Gasteiger partial charge in [0.15, 0.2) is 11.5 Å². The number of carbonyl (C=O) groups excluding carboxylic acids is 1. The molecule has 0 aromatic heterocycles. The third kappa shape index (κ3) is 4.95. The minimum absolute atomic E-state index is 0.0201. The second kappa shape index (κ2) is 8.79. The topological polar surface area (TPSA) is 93.7 Å². The lowest BCUT2D eigenvalue weighted by Crippen LogP contribution is -2.49. The molecular formula is C19H20Cl2N2O5S. The standard InChI is InChI=1S/C19H20Cl2N2O5S/c1-11(2)17(23-29(25,26)18-13(20)4-3-5-14(18)21)19(24)22-9-12-6-7-15-16(8-12)28-10-27-15/h3-8,11,17,23H,9-10H2,1-2H3,(H,22,24)/t17-/m1/s1. The maximum Gasteiger partial charge on any atom is 0.244 e. The molecule has 10 heteroatoms. The Morgan fingerprint density at radius 1 is 1.10 bits per heavy atom. The zero-order chi connectivity index (χ0) is 21.2. The number of ether oxygens (including phenoxy) is 2. The van der Waals surface area contributed by atoms with Crippen molar-refractivity contribution in [3.63, 3.8) is 0 Å². The summed E-state index contributed by atoms with van der Waals surface area (Å²) in [6, 6.07) is 8.69. The second-order valence-electron chi connectivity index (χ2n) is 6.80. The first-order valence-corrected chi connectivity index (χ1v) is 11.1. The van der Waals surface area contributed by atoms with E-state index in [2.05, 4.69) is 10.0 Å². The highest BCUT2D eigenvalue weighted by atomic mass is 35.5. The Kier molecular flexibility index (Phi) is 6.58. The molecule has 1 aliphatic rings. The highest BCUT2D eigenvalue weighted by molar-refractivity contribution is 7.89. The van der Waals surface area contributed by atoms with Crippen LogP contribution in [-0.2, 0) is 21.4 Å². The number of halogens is 2. The van der Waals surface area contributed by atoms with Crippen LogP contribution in [0.3, 0.4) is 0 Å². The summed E-state index contributed by atoms with van der Waals surface area (Å²) >= 11 is 12.0. The third-order valence-corrected chi connectivity index (χ3v) is 6.72. The Balaban J connectivity index is 1.73. The average Bonchev–Trinajstić information content (AvgIpc) is 3.11. The van der Waals surface area contributed by atoms with E-state index in [-0.39, 0.29) is 34.2 Å². The smallest absolute Gasteiger partial charge is 0.244 e. The van der Waals surface area contributed by atoms with Crippen molar-refractivity contribution >= 4 is 39.1 Å². The summed E-state index contributed by atoms with van der Waals surface area (Å²) in [5, 5.41) is 2.71. The van der Waals surface area contributed by atoms with Crippen LogP contribution in [0.4, 0.5) is 0 Å². The van der Waals surface area contributed by atoms with Gasteiger partial charge >= 0.3 is 0 Å². The van der Waals surface area contributed by atoms with Crippen LogP contribution in [0.2, 0.25) is 10.0 Å². The molecule has 3 rings (SSSR count). The summed E-state index contributed by atoms with van der Waals surface area (Å²) in [6.45, 7) is 3.84. The normalized spacial score (nSPS) is 14.1. The van der Waals surface area contributed by atoms with Gasteiger partial charge in [-0.3, -0.25) is 4.79 Å². The number of hydrogen-bond acceptors (Lipinski definition) is 5. The Bertz CT molecular complexity index is 1010. The number of benzene rings is 2. The molecule has 2 N–H and O–H groups in total. The first-order chi connectivity index (χ1) is 13.7. The van der Waals surface area contributed by atoms with Crippen LogP contribution in [0, 0.1) is 5.92 Å². The van der Waals surface area contributed by atoms with Gasteiger partial charge in [0.25, 0.3) is 0 Å². The molecule has 0 bridgehead atoms. The molecule has 0 radical (unpaired) electrons. The number of rotatable bonds is 7. The lowest BCUT2D eigenvalue weighted by atomic mass is 10.0. The monoisotopic (exact) mass is 458 g/mol. The van der Waals surface area contributed by atoms with E-state index in [9.17, 15) is 13.2 Å². The fraction of sp³-hybridized carbons (Fsp3) is 0.316. The van der Waals surface area contributed by atoms with Gasteiger partial charge in [-0.2, -0.15) is 4.72 Å². The Labute approximate surface area is 179 Å². The zero-order valence-corrected chi connectivity index (χ0v) is 18.1. The van der Waals surface area contributed by atoms with Crippen molar-refractivity contribution in [1.82, 2.24) is 10.0 Å². The quantitative estimate of drug-likeness (QED) is 0.663. The van der Waals surface area contributed by atoms with Crippen LogP contribution in [0.5, 0.6) is 11.5 Å². The highest BCUT2D eigenvalue weighted by Crippen LogP contribution is 2.32. The number of fused-ring (bicyclic) bond motifs is 1. The molecule has 2 aromatic carbocycles. The summed E-state index contributed by atoms with van der Waals surface area (Å²) in [7, 11) is -4.11. The van der Waals surface area contributed by atoms with Crippen LogP contribution >= 0.6 is 23.2 Å². The fourth-order valence-electron chi connectivity index (χ4n) is 2.81. The molecule has 1 amide bonds. The van der Waals surface area contributed by atoms with E-state index in [1.807, 2.05) is 0 Å². The maximum absolute atomic E-state index is 12.8. The SMILES string of the molecule is CC(C)[C@@H](NS(=O)(=O)c1c(Cl)cccc1Cl)C(=O)NCc1ccc2c(c1)OCO2. The average molecular weight is 459 g/mol. The van der Waals surface area contributed by atoms with Crippen molar-refractivity contribution < 1.29 is 22.7 Å². The molecule has 29 heavy (non-hydrogen) atoms. The van der Waals surface area contributed by atoms with E-state index in [0.29, 0.717) is 11.5 Å². The lowest BCUT2D eigenvalue weighted by Gasteiger charge is -2.22.